The Morgan fingerprint density at radius 2 is 1.92 bits per heavy atom. The third-order valence-corrected chi connectivity index (χ3v) is 1.39. The summed E-state index contributed by atoms with van der Waals surface area (Å²) in [5.74, 6) is -0.201. The summed E-state index contributed by atoms with van der Waals surface area (Å²) in [7, 11) is 0. The highest BCUT2D eigenvalue weighted by Gasteiger charge is 2.01. The van der Waals surface area contributed by atoms with E-state index in [2.05, 4.69) is 0 Å². The highest BCUT2D eigenvalue weighted by Crippen LogP contribution is 1.93. The minimum absolute atomic E-state index is 0.201. The first-order chi connectivity index (χ1) is 6.20. The van der Waals surface area contributed by atoms with Gasteiger partial charge in [0.05, 0.1) is 6.61 Å². The Morgan fingerprint density at radius 1 is 1.23 bits per heavy atom. The molecule has 0 saturated heterocycles. The van der Waals surface area contributed by atoms with Gasteiger partial charge >= 0.3 is 5.97 Å². The summed E-state index contributed by atoms with van der Waals surface area (Å²) in [6.07, 6.45) is 0.173. The third kappa shape index (κ3) is 7.74. The Kier molecular flexibility index (Phi) is 7.63. The largest absolute Gasteiger partial charge is 0.463 e. The first kappa shape index (κ1) is 12.4. The van der Waals surface area contributed by atoms with Crippen LogP contribution in [0.15, 0.2) is 0 Å². The van der Waals surface area contributed by atoms with Crippen molar-refractivity contribution in [1.29, 1.82) is 0 Å². The molecule has 0 aromatic carbocycles. The molecule has 13 heavy (non-hydrogen) atoms. The van der Waals surface area contributed by atoms with Crippen LogP contribution in [0.25, 0.3) is 0 Å². The molecule has 1 unspecified atom stereocenters. The fraction of sp³-hybridized carbons (Fsp3) is 0.889. The zero-order valence-corrected chi connectivity index (χ0v) is 8.54. The molecule has 0 saturated carbocycles. The molecule has 0 aromatic heterocycles. The zero-order chi connectivity index (χ0) is 10.1. The molecule has 0 heterocycles. The molecule has 0 aliphatic rings. The van der Waals surface area contributed by atoms with Crippen molar-refractivity contribution >= 4 is 5.97 Å². The highest BCUT2D eigenvalue weighted by atomic mass is 16.7. The molecule has 0 aromatic rings. The molecule has 4 nitrogen and oxygen atoms in total. The van der Waals surface area contributed by atoms with Crippen LogP contribution in [-0.2, 0) is 19.0 Å². The molecular weight excluding hydrogens is 172 g/mol. The summed E-state index contributed by atoms with van der Waals surface area (Å²) in [5.41, 5.74) is 0. The van der Waals surface area contributed by atoms with Crippen molar-refractivity contribution in [3.05, 3.63) is 0 Å². The van der Waals surface area contributed by atoms with E-state index in [0.29, 0.717) is 26.2 Å². The molecule has 1 atom stereocenters. The van der Waals surface area contributed by atoms with Crippen molar-refractivity contribution in [3.63, 3.8) is 0 Å². The van der Waals surface area contributed by atoms with E-state index in [1.807, 2.05) is 13.8 Å². The summed E-state index contributed by atoms with van der Waals surface area (Å²) < 4.78 is 15.1. The quantitative estimate of drug-likeness (QED) is 0.345. The molecule has 0 radical (unpaired) electrons. The topological polar surface area (TPSA) is 44.8 Å². The van der Waals surface area contributed by atoms with Crippen LogP contribution in [0.1, 0.15) is 27.2 Å². The van der Waals surface area contributed by atoms with E-state index in [1.165, 1.54) is 0 Å². The van der Waals surface area contributed by atoms with Crippen LogP contribution in [0.3, 0.4) is 0 Å². The summed E-state index contributed by atoms with van der Waals surface area (Å²) in [6, 6.07) is 0. The van der Waals surface area contributed by atoms with Crippen molar-refractivity contribution in [2.75, 3.05) is 19.8 Å². The van der Waals surface area contributed by atoms with Gasteiger partial charge in [0.2, 0.25) is 0 Å². The van der Waals surface area contributed by atoms with Gasteiger partial charge in [0.25, 0.3) is 0 Å². The van der Waals surface area contributed by atoms with Gasteiger partial charge in [-0.05, 0) is 13.8 Å². The highest BCUT2D eigenvalue weighted by molar-refractivity contribution is 5.68. The second-order valence-corrected chi connectivity index (χ2v) is 2.47. The third-order valence-electron chi connectivity index (χ3n) is 1.39. The lowest BCUT2D eigenvalue weighted by atomic mass is 10.5. The Hall–Kier alpha value is -0.610. The lowest BCUT2D eigenvalue weighted by Gasteiger charge is -2.12. The summed E-state index contributed by atoms with van der Waals surface area (Å²) in [5, 5.41) is 0. The van der Waals surface area contributed by atoms with Gasteiger partial charge in [-0.15, -0.1) is 0 Å². The average Bonchev–Trinajstić information content (AvgIpc) is 2.12. The SMILES string of the molecule is CCOC(C)OCCOC(=O)CC. The predicted molar refractivity (Wildman–Crippen MR) is 48.3 cm³/mol. The first-order valence-corrected chi connectivity index (χ1v) is 4.59. The smallest absolute Gasteiger partial charge is 0.305 e. The van der Waals surface area contributed by atoms with Crippen molar-refractivity contribution < 1.29 is 19.0 Å². The van der Waals surface area contributed by atoms with Crippen LogP contribution in [-0.4, -0.2) is 32.1 Å². The second-order valence-electron chi connectivity index (χ2n) is 2.47. The maximum Gasteiger partial charge on any atom is 0.305 e. The van der Waals surface area contributed by atoms with Crippen LogP contribution < -0.4 is 0 Å². The molecular formula is C9H18O4. The van der Waals surface area contributed by atoms with Gasteiger partial charge in [-0.25, -0.2) is 0 Å². The number of carbonyl (C=O) groups is 1. The Balaban J connectivity index is 3.20. The number of carbonyl (C=O) groups excluding carboxylic acids is 1. The predicted octanol–water partition coefficient (Wildman–Crippen LogP) is 1.34. The molecule has 0 aliphatic heterocycles. The van der Waals surface area contributed by atoms with Gasteiger partial charge in [-0.2, -0.15) is 0 Å². The van der Waals surface area contributed by atoms with E-state index in [9.17, 15) is 4.79 Å². The van der Waals surface area contributed by atoms with Crippen LogP contribution in [0.5, 0.6) is 0 Å². The minimum atomic E-state index is -0.231. The van der Waals surface area contributed by atoms with Crippen LogP contribution in [0.2, 0.25) is 0 Å². The molecule has 0 spiro atoms. The van der Waals surface area contributed by atoms with Crippen molar-refractivity contribution in [2.45, 2.75) is 33.5 Å². The van der Waals surface area contributed by atoms with E-state index >= 15 is 0 Å². The lowest BCUT2D eigenvalue weighted by Crippen LogP contribution is -2.17. The molecule has 0 amide bonds. The molecule has 78 valence electrons. The Bertz CT molecular complexity index is 136. The average molecular weight is 190 g/mol. The molecule has 4 heteroatoms. The Labute approximate surface area is 79.2 Å². The second kappa shape index (κ2) is 8.01. The summed E-state index contributed by atoms with van der Waals surface area (Å²) in [4.78, 5) is 10.7. The number of hydrogen-bond donors (Lipinski definition) is 0. The number of hydrogen-bond acceptors (Lipinski definition) is 4. The summed E-state index contributed by atoms with van der Waals surface area (Å²) >= 11 is 0. The van der Waals surface area contributed by atoms with Gasteiger partial charge in [0, 0.05) is 13.0 Å². The van der Waals surface area contributed by atoms with Crippen molar-refractivity contribution in [1.82, 2.24) is 0 Å². The molecule has 0 bridgehead atoms. The molecule has 0 aliphatic carbocycles. The van der Waals surface area contributed by atoms with Gasteiger partial charge in [-0.3, -0.25) is 4.79 Å². The maximum atomic E-state index is 10.7. The van der Waals surface area contributed by atoms with E-state index in [4.69, 9.17) is 14.2 Å². The first-order valence-electron chi connectivity index (χ1n) is 4.59. The van der Waals surface area contributed by atoms with Gasteiger partial charge in [0.1, 0.15) is 6.61 Å². The normalized spacial score (nSPS) is 12.5. The number of ether oxygens (including phenoxy) is 3. The fourth-order valence-corrected chi connectivity index (χ4v) is 0.754. The van der Waals surface area contributed by atoms with Crippen LogP contribution >= 0.6 is 0 Å². The standard InChI is InChI=1S/C9H18O4/c1-4-9(10)13-7-6-12-8(3)11-5-2/h8H,4-7H2,1-3H3. The Morgan fingerprint density at radius 3 is 2.46 bits per heavy atom. The summed E-state index contributed by atoms with van der Waals surface area (Å²) in [6.45, 7) is 6.76. The number of rotatable bonds is 7. The fourth-order valence-electron chi connectivity index (χ4n) is 0.754. The van der Waals surface area contributed by atoms with Gasteiger partial charge in [-0.1, -0.05) is 6.92 Å². The van der Waals surface area contributed by atoms with E-state index in [-0.39, 0.29) is 12.3 Å². The number of esters is 1. The van der Waals surface area contributed by atoms with Crippen molar-refractivity contribution in [2.24, 2.45) is 0 Å². The van der Waals surface area contributed by atoms with E-state index in [0.717, 1.165) is 0 Å². The minimum Gasteiger partial charge on any atom is -0.463 e. The van der Waals surface area contributed by atoms with E-state index in [1.54, 1.807) is 6.92 Å². The molecule has 0 fully saturated rings. The lowest BCUT2D eigenvalue weighted by molar-refractivity contribution is -0.155. The van der Waals surface area contributed by atoms with Crippen LogP contribution in [0.4, 0.5) is 0 Å². The van der Waals surface area contributed by atoms with E-state index < -0.39 is 0 Å². The zero-order valence-electron chi connectivity index (χ0n) is 8.54. The monoisotopic (exact) mass is 190 g/mol. The molecule has 0 rings (SSSR count). The molecule has 0 N–H and O–H groups in total. The van der Waals surface area contributed by atoms with Crippen LogP contribution in [0, 0.1) is 0 Å². The maximum absolute atomic E-state index is 10.7. The van der Waals surface area contributed by atoms with Crippen molar-refractivity contribution in [3.8, 4) is 0 Å². The van der Waals surface area contributed by atoms with Gasteiger partial charge < -0.3 is 14.2 Å². The van der Waals surface area contributed by atoms with Gasteiger partial charge in [0.15, 0.2) is 6.29 Å².